The van der Waals surface area contributed by atoms with Crippen LogP contribution in [0.25, 0.3) is 0 Å². The standard InChI is InChI=1S/C19H28O5.He.2Hf/c1-12(2)18(21)23-5-4-22-11-17(20)24-19(3)15-7-13-6-14(9-15)10-16(19)8-13;;;/h13-16H,1,4-11H2,2-3H3;;;. The topological polar surface area (TPSA) is 61.8 Å². The quantitative estimate of drug-likeness (QED) is 0.178. The fourth-order valence-corrected chi connectivity index (χ4v) is 5.03. The van der Waals surface area contributed by atoms with Crippen molar-refractivity contribution in [1.82, 2.24) is 0 Å². The first-order valence-corrected chi connectivity index (χ1v) is 9.00. The van der Waals surface area contributed by atoms with Gasteiger partial charge in [0.2, 0.25) is 0 Å². The maximum absolute atomic E-state index is 12.2. The Kier molecular flexibility index (Phi) is 11.6. The fraction of sp³-hybridized carbons (Fsp3) is 0.789. The summed E-state index contributed by atoms with van der Waals surface area (Å²) in [5.74, 6) is 1.96. The van der Waals surface area contributed by atoms with Gasteiger partial charge in [-0.2, -0.15) is 0 Å². The van der Waals surface area contributed by atoms with Gasteiger partial charge in [0, 0.05) is 63.4 Å². The molecule has 0 radical (unpaired) electrons. The summed E-state index contributed by atoms with van der Waals surface area (Å²) in [6, 6.07) is 0. The van der Waals surface area contributed by atoms with Gasteiger partial charge in [-0.25, -0.2) is 9.59 Å². The van der Waals surface area contributed by atoms with Crippen LogP contribution in [0.4, 0.5) is 0 Å². The molecule has 0 atom stereocenters. The minimum Gasteiger partial charge on any atom is -0.460 e. The van der Waals surface area contributed by atoms with Crippen molar-refractivity contribution in [3.05, 3.63) is 12.2 Å². The number of esters is 2. The predicted molar refractivity (Wildman–Crippen MR) is 88.1 cm³/mol. The second-order valence-corrected chi connectivity index (χ2v) is 7.93. The molecule has 4 aliphatic carbocycles. The van der Waals surface area contributed by atoms with Crippen LogP contribution in [0.3, 0.4) is 0 Å². The van der Waals surface area contributed by atoms with Crippen molar-refractivity contribution in [2.45, 2.75) is 51.6 Å². The van der Waals surface area contributed by atoms with Crippen LogP contribution in [0.1, 0.15) is 46.0 Å². The number of rotatable bonds is 7. The van der Waals surface area contributed by atoms with Crippen molar-refractivity contribution in [3.8, 4) is 0 Å². The Morgan fingerprint density at radius 2 is 1.52 bits per heavy atom. The molecule has 0 aromatic rings. The van der Waals surface area contributed by atoms with Crippen LogP contribution in [0.2, 0.25) is 0 Å². The molecule has 5 nitrogen and oxygen atoms in total. The van der Waals surface area contributed by atoms with Gasteiger partial charge in [0.15, 0.2) is 0 Å². The van der Waals surface area contributed by atoms with Gasteiger partial charge in [0.05, 0.1) is 6.61 Å². The summed E-state index contributed by atoms with van der Waals surface area (Å²) in [5.41, 5.74) is 0.0320. The molecule has 0 spiro atoms. The Hall–Kier alpha value is 0.289. The maximum atomic E-state index is 12.2. The average Bonchev–Trinajstić information content (AvgIpc) is 2.51. The molecular weight excluding hydrogens is 669 g/mol. The second kappa shape index (κ2) is 11.5. The van der Waals surface area contributed by atoms with E-state index in [4.69, 9.17) is 14.2 Å². The van der Waals surface area contributed by atoms with Crippen molar-refractivity contribution in [2.75, 3.05) is 19.8 Å². The van der Waals surface area contributed by atoms with E-state index in [1.165, 1.54) is 32.1 Å². The Morgan fingerprint density at radius 3 is 2.00 bits per heavy atom. The molecule has 4 bridgehead atoms. The molecule has 0 saturated heterocycles. The largest absolute Gasteiger partial charge is 0.460 e. The number of carbonyl (C=O) groups excluding carboxylic acids is 2. The summed E-state index contributed by atoms with van der Waals surface area (Å²) < 4.78 is 16.1. The first-order chi connectivity index (χ1) is 11.4. The van der Waals surface area contributed by atoms with Gasteiger partial charge in [0.1, 0.15) is 18.8 Å². The fourth-order valence-electron chi connectivity index (χ4n) is 5.03. The zero-order chi connectivity index (χ0) is 17.3. The number of hydrogen-bond donors (Lipinski definition) is 0. The van der Waals surface area contributed by atoms with E-state index in [2.05, 4.69) is 13.5 Å². The van der Waals surface area contributed by atoms with Gasteiger partial charge < -0.3 is 14.2 Å². The summed E-state index contributed by atoms with van der Waals surface area (Å²) in [4.78, 5) is 23.4. The van der Waals surface area contributed by atoms with Crippen LogP contribution < -0.4 is 0 Å². The van der Waals surface area contributed by atoms with E-state index in [9.17, 15) is 9.59 Å². The van der Waals surface area contributed by atoms with Crippen LogP contribution >= 0.6 is 0 Å². The van der Waals surface area contributed by atoms with Crippen molar-refractivity contribution >= 4 is 11.9 Å². The molecule has 0 unspecified atom stereocenters. The molecule has 4 saturated carbocycles. The molecule has 0 aliphatic heterocycles. The number of ether oxygens (including phenoxy) is 3. The molecule has 8 heteroatoms. The first kappa shape index (κ1) is 27.3. The van der Waals surface area contributed by atoms with Gasteiger partial charge in [-0.05, 0) is 69.6 Å². The third-order valence-electron chi connectivity index (χ3n) is 6.12. The van der Waals surface area contributed by atoms with Crippen LogP contribution in [0.15, 0.2) is 12.2 Å². The van der Waals surface area contributed by atoms with Crippen LogP contribution in [0.5, 0.6) is 0 Å². The monoisotopic (exact) mass is 700 g/mol. The Balaban J connectivity index is 0.00000225. The summed E-state index contributed by atoms with van der Waals surface area (Å²) in [6.07, 6.45) is 6.19. The molecule has 0 aromatic carbocycles. The van der Waals surface area contributed by atoms with Gasteiger partial charge in [-0.15, -0.1) is 0 Å². The summed E-state index contributed by atoms with van der Waals surface area (Å²) in [6.45, 7) is 7.42. The summed E-state index contributed by atoms with van der Waals surface area (Å²) in [5, 5.41) is 0. The van der Waals surface area contributed by atoms with E-state index in [0.717, 1.165) is 11.8 Å². The van der Waals surface area contributed by atoms with Crippen LogP contribution in [-0.2, 0) is 75.5 Å². The average molecular weight is 697 g/mol. The van der Waals surface area contributed by atoms with Gasteiger partial charge >= 0.3 is 11.9 Å². The van der Waals surface area contributed by atoms with Crippen molar-refractivity contribution in [1.29, 1.82) is 0 Å². The number of hydrogen-bond acceptors (Lipinski definition) is 5. The molecular formula is C19H28HeHf2O5. The van der Waals surface area contributed by atoms with E-state index in [-0.39, 0.29) is 89.2 Å². The molecule has 0 amide bonds. The number of carbonyl (C=O) groups is 2. The van der Waals surface area contributed by atoms with Gasteiger partial charge in [0.25, 0.3) is 0 Å². The molecule has 0 N–H and O–H groups in total. The van der Waals surface area contributed by atoms with Crippen molar-refractivity contribution < 1.29 is 81.6 Å². The zero-order valence-electron chi connectivity index (χ0n) is 16.4. The molecule has 27 heavy (non-hydrogen) atoms. The van der Waals surface area contributed by atoms with Gasteiger partial charge in [-0.1, -0.05) is 6.58 Å². The van der Waals surface area contributed by atoms with Crippen LogP contribution in [-0.4, -0.2) is 37.4 Å². The Morgan fingerprint density at radius 1 is 1.00 bits per heavy atom. The molecule has 4 rings (SSSR count). The second-order valence-electron chi connectivity index (χ2n) is 7.93. The summed E-state index contributed by atoms with van der Waals surface area (Å²) >= 11 is 0. The molecule has 4 aliphatic rings. The van der Waals surface area contributed by atoms with Crippen molar-refractivity contribution in [3.63, 3.8) is 0 Å². The van der Waals surface area contributed by atoms with E-state index in [0.29, 0.717) is 17.4 Å². The van der Waals surface area contributed by atoms with Gasteiger partial charge in [-0.3, -0.25) is 0 Å². The minimum absolute atomic E-state index is 0. The minimum atomic E-state index is -0.442. The Labute approximate surface area is 199 Å². The Bertz CT molecular complexity index is 512. The normalized spacial score (nSPS) is 32.4. The van der Waals surface area contributed by atoms with E-state index in [1.54, 1.807) is 6.92 Å². The van der Waals surface area contributed by atoms with E-state index in [1.807, 2.05) is 0 Å². The smallest absolute Gasteiger partial charge is 0.333 e. The summed E-state index contributed by atoms with van der Waals surface area (Å²) in [7, 11) is 0. The van der Waals surface area contributed by atoms with Crippen LogP contribution in [0, 0.1) is 29.8 Å². The first-order valence-electron chi connectivity index (χ1n) is 9.00. The third-order valence-corrected chi connectivity index (χ3v) is 6.12. The molecule has 144 valence electrons. The van der Waals surface area contributed by atoms with E-state index < -0.39 is 5.97 Å². The molecule has 4 fully saturated rings. The SMILES string of the molecule is C=C(C)C(=O)OCCOCC(=O)OC1(C)C2CC3CC(C2)CC1C3.[He].[Hf].[Hf]. The predicted octanol–water partition coefficient (Wildman–Crippen LogP) is 2.88. The molecule has 0 heterocycles. The van der Waals surface area contributed by atoms with E-state index >= 15 is 0 Å². The zero-order valence-corrected chi connectivity index (χ0v) is 23.6. The third kappa shape index (κ3) is 6.38. The van der Waals surface area contributed by atoms with Crippen molar-refractivity contribution in [2.24, 2.45) is 23.7 Å². The molecule has 0 aromatic heterocycles. The maximum Gasteiger partial charge on any atom is 0.333 e.